The van der Waals surface area contributed by atoms with Crippen molar-refractivity contribution in [3.05, 3.63) is 59.2 Å². The monoisotopic (exact) mass is 394 g/mol. The molecule has 0 aromatic heterocycles. The zero-order valence-corrected chi connectivity index (χ0v) is 17.1. The van der Waals surface area contributed by atoms with Crippen LogP contribution in [0.25, 0.3) is 6.08 Å². The number of imide groups is 1. The molecule has 0 spiro atoms. The minimum absolute atomic E-state index is 0.00781. The van der Waals surface area contributed by atoms with Crippen molar-refractivity contribution >= 4 is 17.9 Å². The maximum Gasteiger partial charge on any atom is 0.271 e. The van der Waals surface area contributed by atoms with Crippen LogP contribution in [-0.2, 0) is 14.3 Å². The van der Waals surface area contributed by atoms with Crippen LogP contribution in [0, 0.1) is 11.3 Å². The summed E-state index contributed by atoms with van der Waals surface area (Å²) in [6, 6.07) is 9.16. The molecule has 6 heteroatoms. The van der Waals surface area contributed by atoms with E-state index in [1.54, 1.807) is 31.2 Å². The molecule has 0 saturated carbocycles. The molecular formula is C23H26N2O4. The van der Waals surface area contributed by atoms with Crippen LogP contribution in [-0.4, -0.2) is 42.6 Å². The molecule has 1 aliphatic rings. The van der Waals surface area contributed by atoms with Crippen LogP contribution in [0.4, 0.5) is 0 Å². The average Bonchev–Trinajstić information content (AvgIpc) is 2.70. The van der Waals surface area contributed by atoms with Crippen molar-refractivity contribution in [1.82, 2.24) is 4.90 Å². The number of amides is 2. The fourth-order valence-corrected chi connectivity index (χ4v) is 2.86. The fraction of sp³-hybridized carbons (Fsp3) is 0.348. The van der Waals surface area contributed by atoms with E-state index in [0.717, 1.165) is 10.5 Å². The van der Waals surface area contributed by atoms with Crippen molar-refractivity contribution in [1.29, 1.82) is 5.26 Å². The molecule has 2 amide bonds. The summed E-state index contributed by atoms with van der Waals surface area (Å²) in [6.45, 7) is 10.1. The van der Waals surface area contributed by atoms with Gasteiger partial charge in [-0.3, -0.25) is 14.5 Å². The highest BCUT2D eigenvalue weighted by molar-refractivity contribution is 6.19. The van der Waals surface area contributed by atoms with Gasteiger partial charge in [-0.15, -0.1) is 0 Å². The van der Waals surface area contributed by atoms with Crippen LogP contribution in [0.1, 0.15) is 32.8 Å². The molecule has 0 aliphatic carbocycles. The standard InChI is InChI=1S/C23H26N2O4/c1-5-12-29-19-9-7-18(8-10-19)14-20-17(4)21(15-24)23(27)25(22(20)26)11-6-13-28-16(2)3/h5,7-10,14,16H,1,6,11-13H2,2-4H3/b20-14+. The van der Waals surface area contributed by atoms with Gasteiger partial charge in [0.15, 0.2) is 0 Å². The lowest BCUT2D eigenvalue weighted by atomic mass is 9.93. The number of benzene rings is 1. The molecule has 0 unspecified atom stereocenters. The zero-order chi connectivity index (χ0) is 21.4. The molecule has 152 valence electrons. The van der Waals surface area contributed by atoms with Gasteiger partial charge in [0.05, 0.1) is 6.10 Å². The largest absolute Gasteiger partial charge is 0.490 e. The summed E-state index contributed by atoms with van der Waals surface area (Å²) < 4.78 is 10.9. The molecule has 1 aromatic rings. The van der Waals surface area contributed by atoms with E-state index in [-0.39, 0.29) is 18.2 Å². The summed E-state index contributed by atoms with van der Waals surface area (Å²) in [5, 5.41) is 9.44. The van der Waals surface area contributed by atoms with Gasteiger partial charge in [-0.2, -0.15) is 5.26 Å². The molecule has 1 aromatic carbocycles. The Labute approximate surface area is 171 Å². The van der Waals surface area contributed by atoms with Gasteiger partial charge in [-0.25, -0.2) is 0 Å². The maximum atomic E-state index is 13.0. The molecule has 1 heterocycles. The molecule has 0 radical (unpaired) electrons. The molecular weight excluding hydrogens is 368 g/mol. The van der Waals surface area contributed by atoms with Crippen molar-refractivity contribution in [2.24, 2.45) is 0 Å². The predicted octanol–water partition coefficient (Wildman–Crippen LogP) is 3.66. The number of hydrogen-bond donors (Lipinski definition) is 0. The van der Waals surface area contributed by atoms with Gasteiger partial charge in [0.2, 0.25) is 0 Å². The summed E-state index contributed by atoms with van der Waals surface area (Å²) in [4.78, 5) is 26.7. The number of carbonyl (C=O) groups excluding carboxylic acids is 2. The summed E-state index contributed by atoms with van der Waals surface area (Å²) >= 11 is 0. The first-order valence-corrected chi connectivity index (χ1v) is 9.53. The van der Waals surface area contributed by atoms with Crippen LogP contribution in [0.15, 0.2) is 53.6 Å². The van der Waals surface area contributed by atoms with Crippen LogP contribution in [0.2, 0.25) is 0 Å². The lowest BCUT2D eigenvalue weighted by molar-refractivity contribution is -0.140. The minimum Gasteiger partial charge on any atom is -0.490 e. The van der Waals surface area contributed by atoms with E-state index in [1.807, 2.05) is 32.0 Å². The van der Waals surface area contributed by atoms with E-state index in [9.17, 15) is 14.9 Å². The van der Waals surface area contributed by atoms with E-state index >= 15 is 0 Å². The molecule has 0 fully saturated rings. The van der Waals surface area contributed by atoms with Crippen molar-refractivity contribution < 1.29 is 19.1 Å². The highest BCUT2D eigenvalue weighted by atomic mass is 16.5. The maximum absolute atomic E-state index is 13.0. The quantitative estimate of drug-likeness (QED) is 0.276. The first-order chi connectivity index (χ1) is 13.9. The van der Waals surface area contributed by atoms with E-state index in [0.29, 0.717) is 36.5 Å². The second kappa shape index (κ2) is 10.4. The summed E-state index contributed by atoms with van der Waals surface area (Å²) in [6.07, 6.45) is 3.94. The highest BCUT2D eigenvalue weighted by Gasteiger charge is 2.35. The Hall–Kier alpha value is -3.17. The number of ether oxygens (including phenoxy) is 2. The molecule has 2 rings (SSSR count). The van der Waals surface area contributed by atoms with Crippen LogP contribution in [0.5, 0.6) is 5.75 Å². The van der Waals surface area contributed by atoms with E-state index in [4.69, 9.17) is 9.47 Å². The fourth-order valence-electron chi connectivity index (χ4n) is 2.86. The molecule has 29 heavy (non-hydrogen) atoms. The molecule has 0 bridgehead atoms. The van der Waals surface area contributed by atoms with Gasteiger partial charge in [0.25, 0.3) is 11.8 Å². The first kappa shape index (κ1) is 22.1. The Kier molecular flexibility index (Phi) is 7.93. The molecule has 6 nitrogen and oxygen atoms in total. The lowest BCUT2D eigenvalue weighted by Crippen LogP contribution is -2.43. The van der Waals surface area contributed by atoms with Crippen LogP contribution in [0.3, 0.4) is 0 Å². The Bertz CT molecular complexity index is 873. The third-order valence-electron chi connectivity index (χ3n) is 4.36. The summed E-state index contributed by atoms with van der Waals surface area (Å²) in [7, 11) is 0. The zero-order valence-electron chi connectivity index (χ0n) is 17.1. The van der Waals surface area contributed by atoms with Gasteiger partial charge in [-0.05, 0) is 56.5 Å². The predicted molar refractivity (Wildman–Crippen MR) is 111 cm³/mol. The number of hydrogen-bond acceptors (Lipinski definition) is 5. The first-order valence-electron chi connectivity index (χ1n) is 9.53. The Morgan fingerprint density at radius 3 is 2.48 bits per heavy atom. The SMILES string of the molecule is C=CCOc1ccc(/C=C2/C(=O)N(CCCOC(C)C)C(=O)C(C#N)=C2C)cc1. The van der Waals surface area contributed by atoms with Gasteiger partial charge in [0, 0.05) is 18.7 Å². The van der Waals surface area contributed by atoms with Crippen LogP contribution < -0.4 is 4.74 Å². The smallest absolute Gasteiger partial charge is 0.271 e. The van der Waals surface area contributed by atoms with Crippen molar-refractivity contribution in [2.45, 2.75) is 33.3 Å². The molecule has 1 aliphatic heterocycles. The number of rotatable bonds is 9. The number of nitrogens with zero attached hydrogens (tertiary/aromatic N) is 2. The van der Waals surface area contributed by atoms with E-state index in [2.05, 4.69) is 6.58 Å². The van der Waals surface area contributed by atoms with Gasteiger partial charge >= 0.3 is 0 Å². The van der Waals surface area contributed by atoms with Crippen LogP contribution >= 0.6 is 0 Å². The topological polar surface area (TPSA) is 79.6 Å². The third kappa shape index (κ3) is 5.66. The number of nitriles is 1. The third-order valence-corrected chi connectivity index (χ3v) is 4.36. The van der Waals surface area contributed by atoms with Gasteiger partial charge in [-0.1, -0.05) is 24.8 Å². The average molecular weight is 394 g/mol. The second-order valence-corrected chi connectivity index (χ2v) is 6.87. The van der Waals surface area contributed by atoms with E-state index in [1.165, 1.54) is 0 Å². The minimum atomic E-state index is -0.551. The summed E-state index contributed by atoms with van der Waals surface area (Å²) in [5.74, 6) is -0.262. The van der Waals surface area contributed by atoms with Gasteiger partial charge in [0.1, 0.15) is 24.0 Å². The van der Waals surface area contributed by atoms with Crippen molar-refractivity contribution in [3.8, 4) is 11.8 Å². The Morgan fingerprint density at radius 2 is 1.90 bits per heavy atom. The molecule has 0 atom stereocenters. The van der Waals surface area contributed by atoms with Gasteiger partial charge < -0.3 is 9.47 Å². The molecule has 0 saturated heterocycles. The second-order valence-electron chi connectivity index (χ2n) is 6.87. The molecule has 0 N–H and O–H groups in total. The number of carbonyl (C=O) groups is 2. The van der Waals surface area contributed by atoms with Crippen molar-refractivity contribution in [2.75, 3.05) is 19.8 Å². The van der Waals surface area contributed by atoms with E-state index < -0.39 is 11.8 Å². The van der Waals surface area contributed by atoms with Crippen molar-refractivity contribution in [3.63, 3.8) is 0 Å². The lowest BCUT2D eigenvalue weighted by Gasteiger charge is -2.27. The Morgan fingerprint density at radius 1 is 1.21 bits per heavy atom. The summed E-state index contributed by atoms with van der Waals surface area (Å²) in [5.41, 5.74) is 1.50. The Balaban J connectivity index is 2.26. The normalized spacial score (nSPS) is 15.8. The highest BCUT2D eigenvalue weighted by Crippen LogP contribution is 2.27.